The van der Waals surface area contributed by atoms with Crippen LogP contribution in [0.3, 0.4) is 0 Å². The van der Waals surface area contributed by atoms with Gasteiger partial charge in [-0.25, -0.2) is 0 Å². The van der Waals surface area contributed by atoms with Crippen LogP contribution in [-0.2, 0) is 29.2 Å². The average molecular weight is 530 g/mol. The Labute approximate surface area is 211 Å². The van der Waals surface area contributed by atoms with Gasteiger partial charge in [-0.3, -0.25) is 0 Å². The maximum Gasteiger partial charge on any atom is -1.00 e. The molecular formula is C28H31Cl2Zr. The largest absolute Gasteiger partial charge is 1.00 e. The molecule has 3 heteroatoms. The Hall–Kier alpha value is -0.747. The predicted octanol–water partition coefficient (Wildman–Crippen LogP) is 0.687. The molecule has 0 saturated heterocycles. The summed E-state index contributed by atoms with van der Waals surface area (Å²) < 4.78 is 3.79. The van der Waals surface area contributed by atoms with Gasteiger partial charge in [0.05, 0.1) is 0 Å². The summed E-state index contributed by atoms with van der Waals surface area (Å²) in [6.07, 6.45) is 16.4. The van der Waals surface area contributed by atoms with E-state index in [1.54, 1.807) is 39.0 Å². The molecule has 0 amide bonds. The van der Waals surface area contributed by atoms with Crippen LogP contribution in [0.4, 0.5) is 0 Å². The van der Waals surface area contributed by atoms with Crippen molar-refractivity contribution < 1.29 is 47.6 Å². The van der Waals surface area contributed by atoms with Crippen molar-refractivity contribution in [2.24, 2.45) is 0 Å². The van der Waals surface area contributed by atoms with Crippen molar-refractivity contribution in [2.75, 3.05) is 0 Å². The number of allylic oxidation sites excluding steroid dienone is 4. The van der Waals surface area contributed by atoms with Gasteiger partial charge in [-0.1, -0.05) is 0 Å². The summed E-state index contributed by atoms with van der Waals surface area (Å²) in [6, 6.07) is 4.74. The van der Waals surface area contributed by atoms with Gasteiger partial charge < -0.3 is 24.8 Å². The molecular weight excluding hydrogens is 498 g/mol. The quantitative estimate of drug-likeness (QED) is 0.459. The van der Waals surface area contributed by atoms with E-state index in [-0.39, 0.29) is 24.8 Å². The van der Waals surface area contributed by atoms with E-state index >= 15 is 0 Å². The first-order valence-corrected chi connectivity index (χ1v) is 13.8. The minimum Gasteiger partial charge on any atom is -1.00 e. The first-order valence-electron chi connectivity index (χ1n) is 11.3. The molecule has 5 rings (SSSR count). The van der Waals surface area contributed by atoms with Crippen LogP contribution < -0.4 is 28.1 Å². The molecule has 2 aromatic carbocycles. The van der Waals surface area contributed by atoms with Crippen molar-refractivity contribution in [1.29, 1.82) is 0 Å². The zero-order valence-corrected chi connectivity index (χ0v) is 23.1. The third kappa shape index (κ3) is 4.28. The van der Waals surface area contributed by atoms with Crippen molar-refractivity contribution in [3.05, 3.63) is 69.3 Å². The molecule has 161 valence electrons. The standard InChI is InChI=1S/C22H21.C6H10.2ClH.Zr/c1-13-9-10-18-11-19-12-20(17-7-5-6-8-17)15(3)16(4)22(19)21(18)14(13)2;1-2-4-6-5-3-1;;;/h5-7,9-10H,8,11H2,1-4H3;1-5H2;2*1H;/q;;;;+2/p-2. The van der Waals surface area contributed by atoms with Gasteiger partial charge in [0.1, 0.15) is 0 Å². The SMILES string of the molecule is Cc1ccc2c(c1C)-c1c(C)c(C)c(C3=CC=CC3)[c]([Zr+2]=[C]3CCCCC3)c1C2.[Cl-].[Cl-]. The van der Waals surface area contributed by atoms with Gasteiger partial charge in [-0.15, -0.1) is 0 Å². The van der Waals surface area contributed by atoms with E-state index in [4.69, 9.17) is 0 Å². The predicted molar refractivity (Wildman–Crippen MR) is 123 cm³/mol. The van der Waals surface area contributed by atoms with Crippen molar-refractivity contribution in [3.8, 4) is 11.1 Å². The smallest absolute Gasteiger partial charge is 1.00 e. The molecule has 0 N–H and O–H groups in total. The van der Waals surface area contributed by atoms with Gasteiger partial charge in [0, 0.05) is 0 Å². The van der Waals surface area contributed by atoms with Gasteiger partial charge in [0.2, 0.25) is 0 Å². The van der Waals surface area contributed by atoms with E-state index < -0.39 is 22.8 Å². The van der Waals surface area contributed by atoms with Crippen LogP contribution in [0.1, 0.15) is 77.5 Å². The molecule has 0 atom stereocenters. The van der Waals surface area contributed by atoms with Crippen LogP contribution in [0, 0.1) is 27.7 Å². The van der Waals surface area contributed by atoms with Gasteiger partial charge in [-0.05, 0) is 0 Å². The molecule has 3 aliphatic rings. The number of hydrogen-bond acceptors (Lipinski definition) is 0. The topological polar surface area (TPSA) is 0 Å². The number of rotatable bonds is 2. The van der Waals surface area contributed by atoms with E-state index in [9.17, 15) is 0 Å². The summed E-state index contributed by atoms with van der Waals surface area (Å²) in [5.74, 6) is 0. The molecule has 1 saturated carbocycles. The molecule has 0 unspecified atom stereocenters. The summed E-state index contributed by atoms with van der Waals surface area (Å²) in [4.78, 5) is 0. The maximum absolute atomic E-state index is 2.41. The van der Waals surface area contributed by atoms with Crippen molar-refractivity contribution >= 4 is 12.1 Å². The number of fused-ring (bicyclic) bond motifs is 3. The normalized spacial score (nSPS) is 16.1. The van der Waals surface area contributed by atoms with E-state index in [2.05, 4.69) is 58.1 Å². The van der Waals surface area contributed by atoms with Crippen molar-refractivity contribution in [3.63, 3.8) is 0 Å². The van der Waals surface area contributed by atoms with Crippen LogP contribution >= 0.6 is 0 Å². The van der Waals surface area contributed by atoms with Gasteiger partial charge in [0.15, 0.2) is 0 Å². The summed E-state index contributed by atoms with van der Waals surface area (Å²) in [7, 11) is 0. The Morgan fingerprint density at radius 2 is 1.48 bits per heavy atom. The fourth-order valence-electron chi connectivity index (χ4n) is 5.59. The third-order valence-corrected chi connectivity index (χ3v) is 11.5. The summed E-state index contributed by atoms with van der Waals surface area (Å²) in [5.41, 5.74) is 15.7. The fourth-order valence-corrected chi connectivity index (χ4v) is 10.0. The first-order chi connectivity index (χ1) is 14.1. The molecule has 0 heterocycles. The minimum atomic E-state index is -0.718. The average Bonchev–Trinajstić information content (AvgIpc) is 3.38. The maximum atomic E-state index is 2.41. The van der Waals surface area contributed by atoms with Crippen LogP contribution in [0.2, 0.25) is 0 Å². The molecule has 0 radical (unpaired) electrons. The summed E-state index contributed by atoms with van der Waals surface area (Å²) in [5, 5.41) is 0. The second-order valence-corrected chi connectivity index (χ2v) is 12.8. The molecule has 0 aliphatic heterocycles. The van der Waals surface area contributed by atoms with Gasteiger partial charge in [0.25, 0.3) is 0 Å². The van der Waals surface area contributed by atoms with Gasteiger partial charge in [-0.2, -0.15) is 0 Å². The fraction of sp³-hybridized carbons (Fsp3) is 0.393. The molecule has 31 heavy (non-hydrogen) atoms. The zero-order chi connectivity index (χ0) is 20.1. The Balaban J connectivity index is 0.00000136. The Morgan fingerprint density at radius 1 is 0.774 bits per heavy atom. The molecule has 1 fully saturated rings. The van der Waals surface area contributed by atoms with E-state index in [0.29, 0.717) is 0 Å². The summed E-state index contributed by atoms with van der Waals surface area (Å²) in [6.45, 7) is 9.40. The molecule has 0 nitrogen and oxygen atoms in total. The summed E-state index contributed by atoms with van der Waals surface area (Å²) >= 11 is -0.718. The minimum absolute atomic E-state index is 0. The molecule has 0 aromatic heterocycles. The first kappa shape index (κ1) is 24.9. The van der Waals surface area contributed by atoms with Crippen molar-refractivity contribution in [2.45, 2.75) is 72.6 Å². The second kappa shape index (κ2) is 10.0. The second-order valence-electron chi connectivity index (χ2n) is 9.19. The Morgan fingerprint density at radius 3 is 2.16 bits per heavy atom. The van der Waals surface area contributed by atoms with Crippen LogP contribution in [-0.4, -0.2) is 3.21 Å². The van der Waals surface area contributed by atoms with Crippen LogP contribution in [0.15, 0.2) is 30.4 Å². The van der Waals surface area contributed by atoms with E-state index in [0.717, 1.165) is 12.8 Å². The zero-order valence-electron chi connectivity index (χ0n) is 19.1. The number of hydrogen-bond donors (Lipinski definition) is 0. The third-order valence-electron chi connectivity index (χ3n) is 7.46. The van der Waals surface area contributed by atoms with Crippen LogP contribution in [0.5, 0.6) is 0 Å². The monoisotopic (exact) mass is 527 g/mol. The van der Waals surface area contributed by atoms with Crippen molar-refractivity contribution in [1.82, 2.24) is 0 Å². The molecule has 0 bridgehead atoms. The number of benzene rings is 2. The number of aryl methyl sites for hydroxylation is 1. The Bertz CT molecular complexity index is 1110. The number of halogens is 2. The van der Waals surface area contributed by atoms with E-state index in [1.807, 2.05) is 6.48 Å². The van der Waals surface area contributed by atoms with Crippen LogP contribution in [0.25, 0.3) is 16.7 Å². The molecule has 0 spiro atoms. The molecule has 2 aromatic rings. The van der Waals surface area contributed by atoms with Gasteiger partial charge >= 0.3 is 188 Å². The molecule has 3 aliphatic carbocycles. The Kier molecular flexibility index (Phi) is 8.05. The van der Waals surface area contributed by atoms with E-state index in [1.165, 1.54) is 48.8 Å².